The summed E-state index contributed by atoms with van der Waals surface area (Å²) in [5.41, 5.74) is 2.16. The first kappa shape index (κ1) is 14.1. The highest BCUT2D eigenvalue weighted by Gasteiger charge is 2.10. The molecule has 6 heteroatoms. The summed E-state index contributed by atoms with van der Waals surface area (Å²) in [6, 6.07) is 15.2. The van der Waals surface area contributed by atoms with Gasteiger partial charge in [0.25, 0.3) is 6.01 Å². The second-order valence-electron chi connectivity index (χ2n) is 5.12. The lowest BCUT2D eigenvalue weighted by Crippen LogP contribution is -1.90. The fourth-order valence-electron chi connectivity index (χ4n) is 2.36. The molecule has 0 fully saturated rings. The summed E-state index contributed by atoms with van der Waals surface area (Å²) in [6.07, 6.45) is 4.52. The van der Waals surface area contributed by atoms with Gasteiger partial charge in [0.15, 0.2) is 17.9 Å². The molecule has 0 atom stereocenters. The van der Waals surface area contributed by atoms with Gasteiger partial charge in [-0.15, -0.1) is 0 Å². The molecule has 0 amide bonds. The van der Waals surface area contributed by atoms with Gasteiger partial charge in [0.1, 0.15) is 5.75 Å². The van der Waals surface area contributed by atoms with E-state index in [0.29, 0.717) is 28.8 Å². The van der Waals surface area contributed by atoms with Gasteiger partial charge in [0.05, 0.1) is 18.0 Å². The molecule has 2 N–H and O–H groups in total. The van der Waals surface area contributed by atoms with E-state index in [4.69, 9.17) is 8.83 Å². The van der Waals surface area contributed by atoms with Gasteiger partial charge in [-0.3, -0.25) is 0 Å². The summed E-state index contributed by atoms with van der Waals surface area (Å²) in [4.78, 5) is 8.04. The molecule has 0 radical (unpaired) electrons. The highest BCUT2D eigenvalue weighted by Crippen LogP contribution is 2.32. The van der Waals surface area contributed by atoms with Crippen LogP contribution in [0.3, 0.4) is 0 Å². The maximum absolute atomic E-state index is 10.1. The van der Waals surface area contributed by atoms with E-state index in [1.54, 1.807) is 30.6 Å². The zero-order valence-electron chi connectivity index (χ0n) is 12.5. The van der Waals surface area contributed by atoms with Gasteiger partial charge >= 0.3 is 0 Å². The molecule has 0 aliphatic heterocycles. The fraction of sp³-hybridized carbons (Fsp3) is 0. The van der Waals surface area contributed by atoms with Crippen LogP contribution < -0.4 is 5.32 Å². The normalized spacial score (nSPS) is 10.7. The number of oxazole rings is 2. The van der Waals surface area contributed by atoms with Crippen molar-refractivity contribution >= 4 is 11.7 Å². The highest BCUT2D eigenvalue weighted by molar-refractivity contribution is 5.70. The van der Waals surface area contributed by atoms with Crippen molar-refractivity contribution in [1.82, 2.24) is 9.97 Å². The molecule has 4 aromatic rings. The van der Waals surface area contributed by atoms with E-state index < -0.39 is 0 Å². The molecule has 2 aromatic heterocycles. The Labute approximate surface area is 137 Å². The average Bonchev–Trinajstić information content (AvgIpc) is 3.28. The molecule has 0 saturated heterocycles. The molecule has 118 valence electrons. The number of aromatic nitrogens is 2. The van der Waals surface area contributed by atoms with Crippen molar-refractivity contribution < 1.29 is 13.9 Å². The first-order valence-electron chi connectivity index (χ1n) is 7.30. The van der Waals surface area contributed by atoms with E-state index in [1.165, 1.54) is 6.39 Å². The minimum absolute atomic E-state index is 0.0755. The molecule has 2 aromatic carbocycles. The van der Waals surface area contributed by atoms with Crippen molar-refractivity contribution in [2.75, 3.05) is 5.32 Å². The van der Waals surface area contributed by atoms with E-state index in [1.807, 2.05) is 30.3 Å². The van der Waals surface area contributed by atoms with Crippen LogP contribution in [0, 0.1) is 0 Å². The molecule has 0 bridgehead atoms. The Morgan fingerprint density at radius 1 is 0.958 bits per heavy atom. The number of phenols is 1. The summed E-state index contributed by atoms with van der Waals surface area (Å²) in [6.45, 7) is 0. The van der Waals surface area contributed by atoms with Crippen LogP contribution in [0.5, 0.6) is 5.75 Å². The third-order valence-corrected chi connectivity index (χ3v) is 3.51. The Kier molecular flexibility index (Phi) is 3.47. The summed E-state index contributed by atoms with van der Waals surface area (Å²) >= 11 is 0. The summed E-state index contributed by atoms with van der Waals surface area (Å²) < 4.78 is 10.9. The van der Waals surface area contributed by atoms with Crippen LogP contribution in [0.4, 0.5) is 11.7 Å². The Hall–Kier alpha value is -3.54. The number of benzene rings is 2. The third-order valence-electron chi connectivity index (χ3n) is 3.51. The minimum atomic E-state index is 0.0755. The van der Waals surface area contributed by atoms with Crippen LogP contribution in [-0.2, 0) is 0 Å². The second kappa shape index (κ2) is 5.92. The number of nitrogens with zero attached hydrogens (tertiary/aromatic N) is 2. The SMILES string of the molecule is Oc1cc(Nc2ncc(-c3ccccc3)o2)ccc1-c1cnco1. The van der Waals surface area contributed by atoms with E-state index in [2.05, 4.69) is 15.3 Å². The molecule has 0 unspecified atom stereocenters. The number of nitrogens with one attached hydrogen (secondary N) is 1. The van der Waals surface area contributed by atoms with Crippen molar-refractivity contribution in [3.63, 3.8) is 0 Å². The standard InChI is InChI=1S/C18H13N3O3/c22-15-8-13(6-7-14(15)17-9-19-11-23-17)21-18-20-10-16(24-18)12-4-2-1-3-5-12/h1-11,22H,(H,20,21). The maximum Gasteiger partial charge on any atom is 0.299 e. The number of hydrogen-bond donors (Lipinski definition) is 2. The highest BCUT2D eigenvalue weighted by atomic mass is 16.4. The molecule has 0 aliphatic rings. The van der Waals surface area contributed by atoms with E-state index in [9.17, 15) is 5.11 Å². The van der Waals surface area contributed by atoms with Gasteiger partial charge in [-0.2, -0.15) is 0 Å². The number of rotatable bonds is 4. The van der Waals surface area contributed by atoms with E-state index in [0.717, 1.165) is 5.56 Å². The Balaban J connectivity index is 1.56. The molecular formula is C18H13N3O3. The van der Waals surface area contributed by atoms with Gasteiger partial charge in [-0.25, -0.2) is 9.97 Å². The van der Waals surface area contributed by atoms with Gasteiger partial charge < -0.3 is 19.3 Å². The van der Waals surface area contributed by atoms with Crippen molar-refractivity contribution in [1.29, 1.82) is 0 Å². The topological polar surface area (TPSA) is 84.3 Å². The Morgan fingerprint density at radius 3 is 2.58 bits per heavy atom. The van der Waals surface area contributed by atoms with Crippen LogP contribution in [0.25, 0.3) is 22.6 Å². The first-order chi connectivity index (χ1) is 11.8. The summed E-state index contributed by atoms with van der Waals surface area (Å²) in [7, 11) is 0. The fourth-order valence-corrected chi connectivity index (χ4v) is 2.36. The number of aromatic hydroxyl groups is 1. The quantitative estimate of drug-likeness (QED) is 0.578. The number of anilines is 2. The van der Waals surface area contributed by atoms with Crippen molar-refractivity contribution in [3.8, 4) is 28.4 Å². The molecule has 6 nitrogen and oxygen atoms in total. The third kappa shape index (κ3) is 2.72. The van der Waals surface area contributed by atoms with Crippen LogP contribution in [0.15, 0.2) is 76.2 Å². The van der Waals surface area contributed by atoms with E-state index >= 15 is 0 Å². The van der Waals surface area contributed by atoms with Crippen molar-refractivity contribution in [3.05, 3.63) is 67.3 Å². The summed E-state index contributed by atoms with van der Waals surface area (Å²) in [5.74, 6) is 1.24. The Bertz CT molecular complexity index is 947. The number of hydrogen-bond acceptors (Lipinski definition) is 6. The smallest absolute Gasteiger partial charge is 0.299 e. The van der Waals surface area contributed by atoms with Gasteiger partial charge in [-0.05, 0) is 12.1 Å². The largest absolute Gasteiger partial charge is 0.507 e. The molecule has 24 heavy (non-hydrogen) atoms. The lowest BCUT2D eigenvalue weighted by atomic mass is 10.1. The molecule has 0 aliphatic carbocycles. The van der Waals surface area contributed by atoms with Crippen molar-refractivity contribution in [2.24, 2.45) is 0 Å². The molecule has 0 saturated carbocycles. The minimum Gasteiger partial charge on any atom is -0.507 e. The monoisotopic (exact) mass is 319 g/mol. The zero-order chi connectivity index (χ0) is 16.4. The Morgan fingerprint density at radius 2 is 1.83 bits per heavy atom. The van der Waals surface area contributed by atoms with Gasteiger partial charge in [0, 0.05) is 17.3 Å². The van der Waals surface area contributed by atoms with Crippen LogP contribution in [0.1, 0.15) is 0 Å². The van der Waals surface area contributed by atoms with Crippen LogP contribution >= 0.6 is 0 Å². The molecule has 2 heterocycles. The van der Waals surface area contributed by atoms with Crippen LogP contribution in [-0.4, -0.2) is 15.1 Å². The predicted octanol–water partition coefficient (Wildman–Crippen LogP) is 4.45. The van der Waals surface area contributed by atoms with Gasteiger partial charge in [0.2, 0.25) is 0 Å². The lowest BCUT2D eigenvalue weighted by Gasteiger charge is -2.05. The first-order valence-corrected chi connectivity index (χ1v) is 7.30. The second-order valence-corrected chi connectivity index (χ2v) is 5.12. The summed E-state index contributed by atoms with van der Waals surface area (Å²) in [5, 5.41) is 13.2. The van der Waals surface area contributed by atoms with Crippen LogP contribution in [0.2, 0.25) is 0 Å². The van der Waals surface area contributed by atoms with Gasteiger partial charge in [-0.1, -0.05) is 30.3 Å². The predicted molar refractivity (Wildman–Crippen MR) is 88.8 cm³/mol. The maximum atomic E-state index is 10.1. The van der Waals surface area contributed by atoms with E-state index in [-0.39, 0.29) is 5.75 Å². The number of phenolic OH excluding ortho intramolecular Hbond substituents is 1. The molecular weight excluding hydrogens is 306 g/mol. The van der Waals surface area contributed by atoms with Crippen molar-refractivity contribution in [2.45, 2.75) is 0 Å². The lowest BCUT2D eigenvalue weighted by molar-refractivity contribution is 0.473. The average molecular weight is 319 g/mol. The molecule has 4 rings (SSSR count). The molecule has 0 spiro atoms. The zero-order valence-corrected chi connectivity index (χ0v) is 12.5.